The number of ether oxygens (including phenoxy) is 1. The van der Waals surface area contributed by atoms with E-state index in [0.29, 0.717) is 39.1 Å². The fraction of sp³-hybridized carbons (Fsp3) is 0.483. The number of benzene rings is 2. The second kappa shape index (κ2) is 12.9. The van der Waals surface area contributed by atoms with E-state index in [1.54, 1.807) is 4.68 Å². The van der Waals surface area contributed by atoms with Crippen molar-refractivity contribution < 1.29 is 14.6 Å². The highest BCUT2D eigenvalue weighted by atomic mass is 16.5. The van der Waals surface area contributed by atoms with E-state index < -0.39 is 0 Å². The third kappa shape index (κ3) is 7.47. The van der Waals surface area contributed by atoms with Gasteiger partial charge in [-0.25, -0.2) is 0 Å². The van der Waals surface area contributed by atoms with Gasteiger partial charge in [0.1, 0.15) is 5.69 Å². The summed E-state index contributed by atoms with van der Waals surface area (Å²) in [6.07, 6.45) is 2.87. The van der Waals surface area contributed by atoms with Gasteiger partial charge in [-0.2, -0.15) is 0 Å². The molecule has 1 amide bonds. The Bertz CT molecular complexity index is 1120. The Morgan fingerprint density at radius 1 is 1.14 bits per heavy atom. The molecular formula is C29H39N5O3. The lowest BCUT2D eigenvalue weighted by atomic mass is 10.0. The molecule has 2 aromatic carbocycles. The number of aromatic nitrogens is 3. The van der Waals surface area contributed by atoms with Crippen LogP contribution in [0.2, 0.25) is 0 Å². The number of aryl methyl sites for hydroxylation is 1. The number of aliphatic hydroxyl groups excluding tert-OH is 1. The van der Waals surface area contributed by atoms with Crippen molar-refractivity contribution >= 4 is 5.91 Å². The lowest BCUT2D eigenvalue weighted by molar-refractivity contribution is -0.136. The molecule has 1 aromatic heterocycles. The van der Waals surface area contributed by atoms with Crippen molar-refractivity contribution in [3.05, 3.63) is 72.1 Å². The average Bonchev–Trinajstić information content (AvgIpc) is 3.37. The number of hydrogen-bond donors (Lipinski definition) is 1. The van der Waals surface area contributed by atoms with Gasteiger partial charge in [0.2, 0.25) is 5.91 Å². The lowest BCUT2D eigenvalue weighted by Gasteiger charge is -2.35. The van der Waals surface area contributed by atoms with Crippen LogP contribution in [0.3, 0.4) is 0 Å². The molecule has 0 aliphatic carbocycles. The van der Waals surface area contributed by atoms with Gasteiger partial charge in [0.05, 0.1) is 31.6 Å². The van der Waals surface area contributed by atoms with Crippen LogP contribution >= 0.6 is 0 Å². The molecule has 4 rings (SSSR count). The smallest absolute Gasteiger partial charge is 0.222 e. The summed E-state index contributed by atoms with van der Waals surface area (Å²) in [5.74, 6) is 0.121. The number of hydrogen-bond acceptors (Lipinski definition) is 6. The quantitative estimate of drug-likeness (QED) is 0.528. The molecule has 2 bridgehead atoms. The van der Waals surface area contributed by atoms with Crippen LogP contribution in [0.4, 0.5) is 0 Å². The molecule has 8 nitrogen and oxygen atoms in total. The van der Waals surface area contributed by atoms with E-state index in [1.807, 2.05) is 24.1 Å². The van der Waals surface area contributed by atoms with Crippen molar-refractivity contribution in [1.29, 1.82) is 0 Å². The van der Waals surface area contributed by atoms with Gasteiger partial charge in [-0.1, -0.05) is 66.7 Å². The molecule has 0 saturated heterocycles. The Balaban J connectivity index is 1.45. The second-order valence-electron chi connectivity index (χ2n) is 10.2. The number of carbonyl (C=O) groups is 1. The normalized spacial score (nSPS) is 20.2. The summed E-state index contributed by atoms with van der Waals surface area (Å²) < 4.78 is 8.16. The Hall–Kier alpha value is -3.07. The molecule has 2 heterocycles. The molecule has 1 aliphatic rings. The topological polar surface area (TPSA) is 83.7 Å². The van der Waals surface area contributed by atoms with Crippen LogP contribution < -0.4 is 0 Å². The summed E-state index contributed by atoms with van der Waals surface area (Å²) in [6, 6.07) is 18.8. The average molecular weight is 506 g/mol. The van der Waals surface area contributed by atoms with E-state index in [9.17, 15) is 9.90 Å². The number of rotatable bonds is 7. The van der Waals surface area contributed by atoms with Gasteiger partial charge >= 0.3 is 0 Å². The standard InChI is InChI=1S/C29H39N5O3/c1-22-16-34(23(2)20-35)29(36)10-7-15-33-18-27(30-31-33)21-37-28(22)19-32(3)17-24-11-13-26(14-12-24)25-8-5-4-6-9-25/h4-6,8-9,11-14,18,22-23,28,35H,7,10,15-17,19-21H2,1-3H3/t22-,23-,28-/m1/s1. The van der Waals surface area contributed by atoms with Crippen molar-refractivity contribution in [3.8, 4) is 11.1 Å². The van der Waals surface area contributed by atoms with Crippen molar-refractivity contribution in [3.63, 3.8) is 0 Å². The molecule has 198 valence electrons. The van der Waals surface area contributed by atoms with E-state index in [1.165, 1.54) is 16.7 Å². The molecule has 0 saturated carbocycles. The minimum absolute atomic E-state index is 0.0543. The van der Waals surface area contributed by atoms with Crippen LogP contribution in [0.15, 0.2) is 60.8 Å². The fourth-order valence-electron chi connectivity index (χ4n) is 4.81. The summed E-state index contributed by atoms with van der Waals surface area (Å²) in [7, 11) is 2.10. The van der Waals surface area contributed by atoms with Crippen LogP contribution in [0, 0.1) is 5.92 Å². The summed E-state index contributed by atoms with van der Waals surface area (Å²) >= 11 is 0. The SMILES string of the molecule is C[C@@H]1CN([C@H](C)CO)C(=O)CCCn2cc(nn2)CO[C@@H]1CN(C)Cc1ccc(-c2ccccc2)cc1. The Morgan fingerprint density at radius 3 is 2.59 bits per heavy atom. The van der Waals surface area contributed by atoms with Crippen LogP contribution in [0.5, 0.6) is 0 Å². The van der Waals surface area contributed by atoms with Gasteiger partial charge < -0.3 is 14.7 Å². The van der Waals surface area contributed by atoms with E-state index in [0.717, 1.165) is 12.2 Å². The van der Waals surface area contributed by atoms with Crippen LogP contribution in [0.1, 0.15) is 37.9 Å². The number of nitrogens with zero attached hydrogens (tertiary/aromatic N) is 5. The Kier molecular flexibility index (Phi) is 9.44. The number of carbonyl (C=O) groups excluding carboxylic acids is 1. The number of aliphatic hydroxyl groups is 1. The van der Waals surface area contributed by atoms with Gasteiger partial charge in [0.25, 0.3) is 0 Å². The number of fused-ring (bicyclic) bond motifs is 2. The maximum atomic E-state index is 13.0. The van der Waals surface area contributed by atoms with E-state index in [-0.39, 0.29) is 30.6 Å². The Morgan fingerprint density at radius 2 is 1.86 bits per heavy atom. The summed E-state index contributed by atoms with van der Waals surface area (Å²) in [6.45, 7) is 6.98. The third-order valence-corrected chi connectivity index (χ3v) is 7.05. The molecular weight excluding hydrogens is 466 g/mol. The predicted octanol–water partition coefficient (Wildman–Crippen LogP) is 3.60. The fourth-order valence-corrected chi connectivity index (χ4v) is 4.81. The zero-order valence-electron chi connectivity index (χ0n) is 22.2. The highest BCUT2D eigenvalue weighted by molar-refractivity contribution is 5.76. The minimum Gasteiger partial charge on any atom is -0.394 e. The van der Waals surface area contributed by atoms with Crippen LogP contribution in [-0.2, 0) is 29.2 Å². The van der Waals surface area contributed by atoms with Gasteiger partial charge in [0, 0.05) is 38.5 Å². The first kappa shape index (κ1) is 27.0. The molecule has 0 unspecified atom stereocenters. The monoisotopic (exact) mass is 505 g/mol. The van der Waals surface area contributed by atoms with Crippen molar-refractivity contribution in [2.75, 3.05) is 26.7 Å². The van der Waals surface area contributed by atoms with Gasteiger partial charge in [-0.05, 0) is 37.1 Å². The molecule has 0 fully saturated rings. The zero-order chi connectivity index (χ0) is 26.2. The molecule has 0 spiro atoms. The van der Waals surface area contributed by atoms with E-state index in [2.05, 4.69) is 77.7 Å². The Labute approximate surface area is 219 Å². The van der Waals surface area contributed by atoms with Gasteiger partial charge in [-0.15, -0.1) is 5.10 Å². The maximum Gasteiger partial charge on any atom is 0.222 e. The summed E-state index contributed by atoms with van der Waals surface area (Å²) in [4.78, 5) is 17.1. The minimum atomic E-state index is -0.237. The summed E-state index contributed by atoms with van der Waals surface area (Å²) in [5.41, 5.74) is 4.44. The van der Waals surface area contributed by atoms with Crippen LogP contribution in [-0.4, -0.2) is 74.7 Å². The van der Waals surface area contributed by atoms with Gasteiger partial charge in [0.15, 0.2) is 0 Å². The molecule has 8 heteroatoms. The highest BCUT2D eigenvalue weighted by Crippen LogP contribution is 2.21. The second-order valence-corrected chi connectivity index (χ2v) is 10.2. The van der Waals surface area contributed by atoms with Crippen molar-refractivity contribution in [2.45, 2.75) is 58.5 Å². The zero-order valence-corrected chi connectivity index (χ0v) is 22.2. The maximum absolute atomic E-state index is 13.0. The van der Waals surface area contributed by atoms with E-state index in [4.69, 9.17) is 4.74 Å². The van der Waals surface area contributed by atoms with Crippen LogP contribution in [0.25, 0.3) is 11.1 Å². The third-order valence-electron chi connectivity index (χ3n) is 7.05. The highest BCUT2D eigenvalue weighted by Gasteiger charge is 2.28. The molecule has 1 aliphatic heterocycles. The number of amides is 1. The molecule has 1 N–H and O–H groups in total. The van der Waals surface area contributed by atoms with Gasteiger partial charge in [-0.3, -0.25) is 14.4 Å². The first-order chi connectivity index (χ1) is 17.9. The number of likely N-dealkylation sites (N-methyl/N-ethyl adjacent to an activating group) is 1. The first-order valence-electron chi connectivity index (χ1n) is 13.2. The van der Waals surface area contributed by atoms with Crippen molar-refractivity contribution in [2.24, 2.45) is 5.92 Å². The molecule has 0 radical (unpaired) electrons. The summed E-state index contributed by atoms with van der Waals surface area (Å²) in [5, 5.41) is 18.2. The van der Waals surface area contributed by atoms with E-state index >= 15 is 0 Å². The molecule has 37 heavy (non-hydrogen) atoms. The largest absolute Gasteiger partial charge is 0.394 e. The molecule has 3 aromatic rings. The lowest BCUT2D eigenvalue weighted by Crippen LogP contribution is -2.47. The molecule has 3 atom stereocenters. The predicted molar refractivity (Wildman–Crippen MR) is 143 cm³/mol. The van der Waals surface area contributed by atoms with Crippen molar-refractivity contribution in [1.82, 2.24) is 24.8 Å². The first-order valence-corrected chi connectivity index (χ1v) is 13.2.